The second-order valence-corrected chi connectivity index (χ2v) is 8.85. The Morgan fingerprint density at radius 3 is 2.77 bits per heavy atom. The molecule has 0 radical (unpaired) electrons. The Kier molecular flexibility index (Phi) is 6.69. The highest BCUT2D eigenvalue weighted by atomic mass is 32.2. The van der Waals surface area contributed by atoms with Crippen LogP contribution in [0.15, 0.2) is 40.1 Å². The van der Waals surface area contributed by atoms with Crippen molar-refractivity contribution in [3.63, 3.8) is 0 Å². The molecule has 2 N–H and O–H groups in total. The van der Waals surface area contributed by atoms with Crippen molar-refractivity contribution in [1.29, 1.82) is 0 Å². The van der Waals surface area contributed by atoms with E-state index in [0.717, 1.165) is 4.57 Å². The van der Waals surface area contributed by atoms with Gasteiger partial charge in [0.05, 0.1) is 23.4 Å². The summed E-state index contributed by atoms with van der Waals surface area (Å²) in [5.41, 5.74) is -0.910. The second kappa shape index (κ2) is 9.09. The molecule has 0 aliphatic carbocycles. The van der Waals surface area contributed by atoms with Gasteiger partial charge in [0.2, 0.25) is 0 Å². The third-order valence-corrected chi connectivity index (χ3v) is 6.08. The minimum atomic E-state index is -4.07. The number of hydrogen-bond acceptors (Lipinski definition) is 9. The molecular formula is C18H21N3O9S. The third-order valence-electron chi connectivity index (χ3n) is 4.88. The van der Waals surface area contributed by atoms with E-state index in [4.69, 9.17) is 8.92 Å². The fourth-order valence-corrected chi connectivity index (χ4v) is 4.13. The van der Waals surface area contributed by atoms with Gasteiger partial charge < -0.3 is 9.84 Å². The molecule has 13 heteroatoms. The fraction of sp³-hybridized carbons (Fsp3) is 0.444. The molecule has 168 valence electrons. The van der Waals surface area contributed by atoms with E-state index in [0.29, 0.717) is 0 Å². The second-order valence-electron chi connectivity index (χ2n) is 7.09. The molecule has 12 nitrogen and oxygen atoms in total. The normalized spacial score (nSPS) is 21.3. The van der Waals surface area contributed by atoms with Crippen LogP contribution >= 0.6 is 0 Å². The highest BCUT2D eigenvalue weighted by Crippen LogP contribution is 2.28. The van der Waals surface area contributed by atoms with Crippen LogP contribution in [0, 0.1) is 17.0 Å². The van der Waals surface area contributed by atoms with E-state index in [1.807, 2.05) is 0 Å². The summed E-state index contributed by atoms with van der Waals surface area (Å²) in [6.07, 6.45) is -1.86. The summed E-state index contributed by atoms with van der Waals surface area (Å²) in [5.74, 6) is -0.497. The van der Waals surface area contributed by atoms with Gasteiger partial charge in [0, 0.05) is 29.8 Å². The quantitative estimate of drug-likeness (QED) is 0.315. The highest BCUT2D eigenvalue weighted by Gasteiger charge is 2.36. The minimum absolute atomic E-state index is 0.00429. The van der Waals surface area contributed by atoms with Crippen molar-refractivity contribution in [3.05, 3.63) is 72.5 Å². The number of rotatable bonds is 8. The molecule has 1 aromatic carbocycles. The lowest BCUT2D eigenvalue weighted by atomic mass is 10.1. The predicted molar refractivity (Wildman–Crippen MR) is 107 cm³/mol. The number of nitro benzene ring substituents is 1. The molecule has 1 fully saturated rings. The van der Waals surface area contributed by atoms with Crippen molar-refractivity contribution >= 4 is 15.8 Å². The number of nitrogens with zero attached hydrogens (tertiary/aromatic N) is 2. The number of hydrogen-bond donors (Lipinski definition) is 2. The van der Waals surface area contributed by atoms with Crippen LogP contribution in [0.2, 0.25) is 0 Å². The molecule has 1 aliphatic rings. The Labute approximate surface area is 176 Å². The van der Waals surface area contributed by atoms with Crippen molar-refractivity contribution in [2.45, 2.75) is 38.2 Å². The summed E-state index contributed by atoms with van der Waals surface area (Å²) in [7, 11) is -4.07. The molecule has 2 heterocycles. The Hall–Kier alpha value is -2.87. The monoisotopic (exact) mass is 455 g/mol. The third kappa shape index (κ3) is 5.44. The molecule has 2 aromatic rings. The number of H-pyrrole nitrogens is 1. The van der Waals surface area contributed by atoms with Crippen LogP contribution < -0.4 is 11.2 Å². The number of aromatic nitrogens is 2. The van der Waals surface area contributed by atoms with Gasteiger partial charge in [-0.3, -0.25) is 28.6 Å². The van der Waals surface area contributed by atoms with Gasteiger partial charge >= 0.3 is 5.69 Å². The first-order valence-corrected chi connectivity index (χ1v) is 10.9. The van der Waals surface area contributed by atoms with E-state index in [9.17, 15) is 33.2 Å². The molecule has 1 saturated heterocycles. The Morgan fingerprint density at radius 1 is 1.35 bits per heavy atom. The molecule has 3 atom stereocenters. The Balaban J connectivity index is 1.61. The standard InChI is InChI=1S/C18H21N3O9S/c1-11-9-20(18(24)19-17(11)23)16-8-14(22)15(30-16)10-29-31(27,28)7-6-12-4-2-3-5-13(12)21(25)26/h2-5,9,14-16,22H,6-8,10H2,1H3,(H,19,23,24)/t14-,15+,16+/m0/s1. The molecule has 1 aromatic heterocycles. The van der Waals surface area contributed by atoms with Gasteiger partial charge in [-0.1, -0.05) is 18.2 Å². The highest BCUT2D eigenvalue weighted by molar-refractivity contribution is 7.86. The smallest absolute Gasteiger partial charge is 0.330 e. The molecule has 1 aliphatic heterocycles. The maximum Gasteiger partial charge on any atom is 0.330 e. The lowest BCUT2D eigenvalue weighted by molar-refractivity contribution is -0.385. The van der Waals surface area contributed by atoms with Gasteiger partial charge in [-0.2, -0.15) is 8.42 Å². The first-order valence-electron chi connectivity index (χ1n) is 9.32. The number of aliphatic hydroxyl groups is 1. The predicted octanol–water partition coefficient (Wildman–Crippen LogP) is -0.00928. The molecule has 0 amide bonds. The fourth-order valence-electron chi connectivity index (χ4n) is 3.20. The van der Waals surface area contributed by atoms with Crippen LogP contribution in [0.5, 0.6) is 0 Å². The van der Waals surface area contributed by atoms with E-state index in [2.05, 4.69) is 4.98 Å². The van der Waals surface area contributed by atoms with Crippen molar-refractivity contribution in [2.24, 2.45) is 0 Å². The largest absolute Gasteiger partial charge is 0.390 e. The van der Waals surface area contributed by atoms with Gasteiger partial charge in [-0.15, -0.1) is 0 Å². The van der Waals surface area contributed by atoms with Crippen LogP contribution in [-0.4, -0.2) is 52.6 Å². The van der Waals surface area contributed by atoms with Crippen molar-refractivity contribution < 1.29 is 27.4 Å². The maximum atomic E-state index is 12.2. The lowest BCUT2D eigenvalue weighted by Crippen LogP contribution is -2.33. The zero-order chi connectivity index (χ0) is 22.8. The van der Waals surface area contributed by atoms with E-state index in [-0.39, 0.29) is 29.7 Å². The first-order chi connectivity index (χ1) is 14.6. The van der Waals surface area contributed by atoms with Crippen LogP contribution in [0.4, 0.5) is 5.69 Å². The zero-order valence-electron chi connectivity index (χ0n) is 16.5. The number of aromatic amines is 1. The minimum Gasteiger partial charge on any atom is -0.390 e. The molecule has 0 bridgehead atoms. The average Bonchev–Trinajstić information content (AvgIpc) is 3.08. The van der Waals surface area contributed by atoms with Crippen LogP contribution in [0.3, 0.4) is 0 Å². The Morgan fingerprint density at radius 2 is 2.06 bits per heavy atom. The van der Waals surface area contributed by atoms with E-state index >= 15 is 0 Å². The number of nitrogens with one attached hydrogen (secondary N) is 1. The first kappa shape index (κ1) is 22.8. The van der Waals surface area contributed by atoms with Crippen molar-refractivity contribution in [1.82, 2.24) is 9.55 Å². The van der Waals surface area contributed by atoms with Gasteiger partial charge in [0.25, 0.3) is 21.4 Å². The van der Waals surface area contributed by atoms with Crippen LogP contribution in [0.1, 0.15) is 23.8 Å². The molecule has 0 unspecified atom stereocenters. The van der Waals surface area contributed by atoms with Crippen LogP contribution in [-0.2, 0) is 25.5 Å². The molecule has 31 heavy (non-hydrogen) atoms. The number of aryl methyl sites for hydroxylation is 2. The number of aliphatic hydroxyl groups excluding tert-OH is 1. The summed E-state index contributed by atoms with van der Waals surface area (Å²) >= 11 is 0. The average molecular weight is 455 g/mol. The van der Waals surface area contributed by atoms with E-state index in [1.165, 1.54) is 31.3 Å². The Bertz CT molecular complexity index is 1190. The summed E-state index contributed by atoms with van der Waals surface area (Å²) in [5, 5.41) is 21.2. The molecular weight excluding hydrogens is 434 g/mol. The van der Waals surface area contributed by atoms with E-state index < -0.39 is 57.1 Å². The van der Waals surface area contributed by atoms with Gasteiger partial charge in [-0.25, -0.2) is 4.79 Å². The van der Waals surface area contributed by atoms with E-state index in [1.54, 1.807) is 6.07 Å². The van der Waals surface area contributed by atoms with Crippen LogP contribution in [0.25, 0.3) is 0 Å². The SMILES string of the molecule is Cc1cn([C@H]2C[C@H](O)[C@@H](COS(=O)(=O)CCc3ccccc3[N+](=O)[O-])O2)c(=O)[nH]c1=O. The lowest BCUT2D eigenvalue weighted by Gasteiger charge is -2.16. The summed E-state index contributed by atoms with van der Waals surface area (Å²) in [6, 6.07) is 5.80. The molecule has 3 rings (SSSR count). The zero-order valence-corrected chi connectivity index (χ0v) is 17.3. The summed E-state index contributed by atoms with van der Waals surface area (Å²) < 4.78 is 36.0. The van der Waals surface area contributed by atoms with Gasteiger partial charge in [0.1, 0.15) is 12.3 Å². The number of benzene rings is 1. The van der Waals surface area contributed by atoms with Gasteiger partial charge in [-0.05, 0) is 13.3 Å². The molecule has 0 spiro atoms. The molecule has 0 saturated carbocycles. The number of para-hydroxylation sites is 1. The van der Waals surface area contributed by atoms with Gasteiger partial charge in [0.15, 0.2) is 0 Å². The number of ether oxygens (including phenoxy) is 1. The van der Waals surface area contributed by atoms with Crippen molar-refractivity contribution in [3.8, 4) is 0 Å². The topological polar surface area (TPSA) is 171 Å². The summed E-state index contributed by atoms with van der Waals surface area (Å²) in [4.78, 5) is 36.0. The summed E-state index contributed by atoms with van der Waals surface area (Å²) in [6.45, 7) is 1.01. The number of nitro groups is 1. The maximum absolute atomic E-state index is 12.2. The van der Waals surface area contributed by atoms with Crippen molar-refractivity contribution in [2.75, 3.05) is 12.4 Å².